The van der Waals surface area contributed by atoms with Crippen LogP contribution in [0.2, 0.25) is 0 Å². The Hall–Kier alpha value is -2.69. The van der Waals surface area contributed by atoms with Gasteiger partial charge in [-0.1, -0.05) is 30.3 Å². The van der Waals surface area contributed by atoms with Crippen molar-refractivity contribution in [1.82, 2.24) is 10.2 Å². The van der Waals surface area contributed by atoms with Gasteiger partial charge in [-0.15, -0.1) is 0 Å². The number of rotatable bonds is 4. The summed E-state index contributed by atoms with van der Waals surface area (Å²) in [6.45, 7) is 3.20. The minimum Gasteiger partial charge on any atom is -0.351 e. The van der Waals surface area contributed by atoms with Gasteiger partial charge in [0.1, 0.15) is 5.82 Å². The molecule has 1 heterocycles. The monoisotopic (exact) mass is 354 g/mol. The molecule has 2 aromatic rings. The molecule has 5 heteroatoms. The molecule has 2 aromatic carbocycles. The standard InChI is InChI=1S/C21H23FN2O2/c1-21(20(26)23-14-16-7-5-10-18(22)13-16)11-6-12-24(15-21)19(25)17-8-3-2-4-9-17/h2-5,7-10,13H,6,11-12,14-15H2,1H3,(H,23,26). The molecule has 1 saturated heterocycles. The molecule has 0 saturated carbocycles. The molecule has 1 atom stereocenters. The van der Waals surface area contributed by atoms with Crippen LogP contribution in [-0.4, -0.2) is 29.8 Å². The van der Waals surface area contributed by atoms with Crippen molar-refractivity contribution in [3.05, 3.63) is 71.5 Å². The third-order valence-electron chi connectivity index (χ3n) is 4.89. The Bertz CT molecular complexity index is 794. The lowest BCUT2D eigenvalue weighted by molar-refractivity contribution is -0.132. The van der Waals surface area contributed by atoms with Crippen LogP contribution in [0.1, 0.15) is 35.7 Å². The third-order valence-corrected chi connectivity index (χ3v) is 4.89. The van der Waals surface area contributed by atoms with Crippen LogP contribution in [0.25, 0.3) is 0 Å². The van der Waals surface area contributed by atoms with E-state index in [1.807, 2.05) is 25.1 Å². The van der Waals surface area contributed by atoms with Gasteiger partial charge in [0.2, 0.25) is 5.91 Å². The number of hydrogen-bond acceptors (Lipinski definition) is 2. The Morgan fingerprint density at radius 3 is 2.65 bits per heavy atom. The van der Waals surface area contributed by atoms with Crippen LogP contribution in [0.4, 0.5) is 4.39 Å². The summed E-state index contributed by atoms with van der Waals surface area (Å²) in [6.07, 6.45) is 1.50. The highest BCUT2D eigenvalue weighted by Crippen LogP contribution is 2.30. The van der Waals surface area contributed by atoms with Gasteiger partial charge in [0.25, 0.3) is 5.91 Å². The van der Waals surface area contributed by atoms with Gasteiger partial charge in [0.05, 0.1) is 5.41 Å². The van der Waals surface area contributed by atoms with Crippen molar-refractivity contribution in [3.63, 3.8) is 0 Å². The Morgan fingerprint density at radius 2 is 1.92 bits per heavy atom. The summed E-state index contributed by atoms with van der Waals surface area (Å²) in [7, 11) is 0. The van der Waals surface area contributed by atoms with E-state index in [4.69, 9.17) is 0 Å². The first-order chi connectivity index (χ1) is 12.5. The summed E-state index contributed by atoms with van der Waals surface area (Å²) < 4.78 is 13.3. The number of carbonyl (C=O) groups excluding carboxylic acids is 2. The first-order valence-electron chi connectivity index (χ1n) is 8.85. The molecule has 26 heavy (non-hydrogen) atoms. The summed E-state index contributed by atoms with van der Waals surface area (Å²) in [5.41, 5.74) is 0.711. The van der Waals surface area contributed by atoms with Crippen LogP contribution in [0.15, 0.2) is 54.6 Å². The van der Waals surface area contributed by atoms with Gasteiger partial charge < -0.3 is 10.2 Å². The van der Waals surface area contributed by atoms with Gasteiger partial charge in [0.15, 0.2) is 0 Å². The van der Waals surface area contributed by atoms with Gasteiger partial charge >= 0.3 is 0 Å². The molecule has 1 unspecified atom stereocenters. The maximum Gasteiger partial charge on any atom is 0.253 e. The van der Waals surface area contributed by atoms with E-state index in [2.05, 4.69) is 5.32 Å². The van der Waals surface area contributed by atoms with Gasteiger partial charge in [0, 0.05) is 25.2 Å². The minimum absolute atomic E-state index is 0.0468. The van der Waals surface area contributed by atoms with Crippen molar-refractivity contribution in [1.29, 1.82) is 0 Å². The molecular weight excluding hydrogens is 331 g/mol. The predicted molar refractivity (Wildman–Crippen MR) is 97.9 cm³/mol. The zero-order valence-electron chi connectivity index (χ0n) is 14.9. The Kier molecular flexibility index (Phi) is 5.35. The largest absolute Gasteiger partial charge is 0.351 e. The minimum atomic E-state index is -0.643. The topological polar surface area (TPSA) is 49.4 Å². The van der Waals surface area contributed by atoms with E-state index in [1.165, 1.54) is 12.1 Å². The van der Waals surface area contributed by atoms with Crippen LogP contribution >= 0.6 is 0 Å². The number of nitrogens with one attached hydrogen (secondary N) is 1. The van der Waals surface area contributed by atoms with E-state index in [9.17, 15) is 14.0 Å². The van der Waals surface area contributed by atoms with E-state index in [1.54, 1.807) is 29.2 Å². The van der Waals surface area contributed by atoms with Crippen LogP contribution in [-0.2, 0) is 11.3 Å². The average Bonchev–Trinajstić information content (AvgIpc) is 2.66. The zero-order valence-corrected chi connectivity index (χ0v) is 14.9. The number of carbonyl (C=O) groups is 2. The molecule has 1 aliphatic heterocycles. The van der Waals surface area contributed by atoms with Gasteiger partial charge in [-0.2, -0.15) is 0 Å². The molecule has 3 rings (SSSR count). The van der Waals surface area contributed by atoms with Crippen LogP contribution in [0, 0.1) is 11.2 Å². The van der Waals surface area contributed by atoms with Gasteiger partial charge in [-0.3, -0.25) is 9.59 Å². The quantitative estimate of drug-likeness (QED) is 0.915. The van der Waals surface area contributed by atoms with Crippen LogP contribution in [0.3, 0.4) is 0 Å². The second-order valence-electron chi connectivity index (χ2n) is 7.07. The maximum atomic E-state index is 13.3. The van der Waals surface area contributed by atoms with Crippen LogP contribution in [0.5, 0.6) is 0 Å². The molecular formula is C21H23FN2O2. The molecule has 4 nitrogen and oxygen atoms in total. The highest BCUT2D eigenvalue weighted by atomic mass is 19.1. The molecule has 1 N–H and O–H groups in total. The molecule has 0 aromatic heterocycles. The van der Waals surface area contributed by atoms with Gasteiger partial charge in [-0.05, 0) is 49.6 Å². The van der Waals surface area contributed by atoms with Crippen molar-refractivity contribution in [3.8, 4) is 0 Å². The number of halogens is 1. The van der Waals surface area contributed by atoms with Crippen molar-refractivity contribution in [2.24, 2.45) is 5.41 Å². The number of benzene rings is 2. The summed E-state index contributed by atoms with van der Waals surface area (Å²) in [5, 5.41) is 2.89. The van der Waals surface area contributed by atoms with E-state index in [-0.39, 0.29) is 24.2 Å². The fraction of sp³-hybridized carbons (Fsp3) is 0.333. The molecule has 136 valence electrons. The molecule has 2 amide bonds. The molecule has 0 radical (unpaired) electrons. The Balaban J connectivity index is 1.64. The molecule has 0 aliphatic carbocycles. The first kappa shape index (κ1) is 18.1. The summed E-state index contributed by atoms with van der Waals surface area (Å²) in [6, 6.07) is 15.3. The first-order valence-corrected chi connectivity index (χ1v) is 8.85. The van der Waals surface area contributed by atoms with E-state index >= 15 is 0 Å². The van der Waals surface area contributed by atoms with Crippen molar-refractivity contribution in [2.75, 3.05) is 13.1 Å². The number of nitrogens with zero attached hydrogens (tertiary/aromatic N) is 1. The summed E-state index contributed by atoms with van der Waals surface area (Å²) >= 11 is 0. The predicted octanol–water partition coefficient (Wildman–Crippen LogP) is 3.38. The zero-order chi connectivity index (χ0) is 18.6. The number of amides is 2. The summed E-state index contributed by atoms with van der Waals surface area (Å²) in [5.74, 6) is -0.470. The van der Waals surface area contributed by atoms with E-state index in [0.717, 1.165) is 18.4 Å². The average molecular weight is 354 g/mol. The smallest absolute Gasteiger partial charge is 0.253 e. The molecule has 1 aliphatic rings. The van der Waals surface area contributed by atoms with E-state index < -0.39 is 5.41 Å². The molecule has 1 fully saturated rings. The lowest BCUT2D eigenvalue weighted by Gasteiger charge is -2.39. The van der Waals surface area contributed by atoms with Crippen molar-refractivity contribution < 1.29 is 14.0 Å². The highest BCUT2D eigenvalue weighted by Gasteiger charge is 2.39. The van der Waals surface area contributed by atoms with Crippen molar-refractivity contribution >= 4 is 11.8 Å². The SMILES string of the molecule is CC1(C(=O)NCc2cccc(F)c2)CCCN(C(=O)c2ccccc2)C1. The number of piperidine rings is 1. The second-order valence-corrected chi connectivity index (χ2v) is 7.07. The maximum absolute atomic E-state index is 13.3. The lowest BCUT2D eigenvalue weighted by atomic mass is 9.80. The van der Waals surface area contributed by atoms with Gasteiger partial charge in [-0.25, -0.2) is 4.39 Å². The van der Waals surface area contributed by atoms with Crippen LogP contribution < -0.4 is 5.32 Å². The lowest BCUT2D eigenvalue weighted by Crippen LogP contribution is -2.51. The Labute approximate surface area is 153 Å². The normalized spacial score (nSPS) is 19.8. The molecule has 0 spiro atoms. The third kappa shape index (κ3) is 4.10. The number of likely N-dealkylation sites (tertiary alicyclic amines) is 1. The Morgan fingerprint density at radius 1 is 1.15 bits per heavy atom. The highest BCUT2D eigenvalue weighted by molar-refractivity contribution is 5.95. The fourth-order valence-electron chi connectivity index (χ4n) is 3.40. The molecule has 0 bridgehead atoms. The fourth-order valence-corrected chi connectivity index (χ4v) is 3.40. The second kappa shape index (κ2) is 7.68. The summed E-state index contributed by atoms with van der Waals surface area (Å²) in [4.78, 5) is 27.2. The van der Waals surface area contributed by atoms with E-state index in [0.29, 0.717) is 18.7 Å². The number of hydrogen-bond donors (Lipinski definition) is 1. The van der Waals surface area contributed by atoms with Crippen molar-refractivity contribution in [2.45, 2.75) is 26.3 Å².